The first-order valence-electron chi connectivity index (χ1n) is 6.61. The van der Waals surface area contributed by atoms with Crippen molar-refractivity contribution in [2.75, 3.05) is 11.9 Å². The van der Waals surface area contributed by atoms with Crippen LogP contribution in [-0.4, -0.2) is 23.3 Å². The van der Waals surface area contributed by atoms with Crippen LogP contribution in [0.3, 0.4) is 0 Å². The molecule has 1 heterocycles. The highest BCUT2D eigenvalue weighted by molar-refractivity contribution is 5.58. The van der Waals surface area contributed by atoms with Gasteiger partial charge in [0.05, 0.1) is 5.69 Å². The number of aromatic nitrogens is 2. The molecule has 0 spiro atoms. The molecule has 18 heavy (non-hydrogen) atoms. The zero-order valence-electron chi connectivity index (χ0n) is 12.0. The summed E-state index contributed by atoms with van der Waals surface area (Å²) in [6, 6.07) is 2.66. The molecule has 0 fully saturated rings. The summed E-state index contributed by atoms with van der Waals surface area (Å²) in [5.74, 6) is 0.709. The molecule has 1 aromatic rings. The molecule has 0 N–H and O–H groups in total. The molecule has 0 saturated heterocycles. The van der Waals surface area contributed by atoms with Crippen molar-refractivity contribution in [2.45, 2.75) is 53.0 Å². The number of aryl methyl sites for hydroxylation is 1. The van der Waals surface area contributed by atoms with Crippen LogP contribution in [0.25, 0.3) is 0 Å². The second-order valence-electron chi connectivity index (χ2n) is 4.51. The predicted octanol–water partition coefficient (Wildman–Crippen LogP) is 2.71. The van der Waals surface area contributed by atoms with Crippen LogP contribution in [-0.2, 0) is 12.8 Å². The van der Waals surface area contributed by atoms with Crippen molar-refractivity contribution in [3.8, 4) is 6.07 Å². The molecule has 4 nitrogen and oxygen atoms in total. The Hall–Kier alpha value is -1.63. The van der Waals surface area contributed by atoms with Crippen LogP contribution < -0.4 is 4.90 Å². The van der Waals surface area contributed by atoms with Gasteiger partial charge >= 0.3 is 0 Å². The summed E-state index contributed by atoms with van der Waals surface area (Å²) in [5, 5.41) is 17.9. The number of rotatable bonds is 5. The minimum atomic E-state index is 0.351. The van der Waals surface area contributed by atoms with Gasteiger partial charge < -0.3 is 4.90 Å². The maximum Gasteiger partial charge on any atom is 0.169 e. The van der Waals surface area contributed by atoms with Crippen molar-refractivity contribution < 1.29 is 0 Å². The Balaban J connectivity index is 3.34. The van der Waals surface area contributed by atoms with Crippen LogP contribution in [0, 0.1) is 11.3 Å². The summed E-state index contributed by atoms with van der Waals surface area (Å²) >= 11 is 0. The maximum absolute atomic E-state index is 9.41. The average molecular weight is 246 g/mol. The van der Waals surface area contributed by atoms with E-state index in [0.717, 1.165) is 30.5 Å². The SMILES string of the molecule is CCc1nnc(N(C)C(C)CC)c(C#N)c1CC. The molecule has 1 rings (SSSR count). The number of hydrogen-bond acceptors (Lipinski definition) is 4. The van der Waals surface area contributed by atoms with Gasteiger partial charge in [0.2, 0.25) is 0 Å². The molecule has 0 amide bonds. The number of nitrogens with zero attached hydrogens (tertiary/aromatic N) is 4. The Labute approximate surface area is 110 Å². The third kappa shape index (κ3) is 2.61. The fraction of sp³-hybridized carbons (Fsp3) is 0.643. The Kier molecular flexibility index (Phi) is 5.08. The van der Waals surface area contributed by atoms with Crippen LogP contribution >= 0.6 is 0 Å². The molecule has 0 aliphatic carbocycles. The quantitative estimate of drug-likeness (QED) is 0.801. The molecule has 0 radical (unpaired) electrons. The van der Waals surface area contributed by atoms with E-state index in [2.05, 4.69) is 37.0 Å². The second-order valence-corrected chi connectivity index (χ2v) is 4.51. The topological polar surface area (TPSA) is 52.8 Å². The van der Waals surface area contributed by atoms with E-state index < -0.39 is 0 Å². The Morgan fingerprint density at radius 1 is 1.22 bits per heavy atom. The van der Waals surface area contributed by atoms with Crippen LogP contribution in [0.5, 0.6) is 0 Å². The summed E-state index contributed by atoms with van der Waals surface area (Å²) < 4.78 is 0. The zero-order valence-corrected chi connectivity index (χ0v) is 12.0. The van der Waals surface area contributed by atoms with E-state index in [9.17, 15) is 5.26 Å². The lowest BCUT2D eigenvalue weighted by Gasteiger charge is -2.26. The van der Waals surface area contributed by atoms with Gasteiger partial charge in [0.25, 0.3) is 0 Å². The van der Waals surface area contributed by atoms with Crippen molar-refractivity contribution in [3.05, 3.63) is 16.8 Å². The first-order chi connectivity index (χ1) is 8.60. The highest BCUT2D eigenvalue weighted by Gasteiger charge is 2.19. The minimum absolute atomic E-state index is 0.351. The Morgan fingerprint density at radius 2 is 1.89 bits per heavy atom. The summed E-state index contributed by atoms with van der Waals surface area (Å²) in [6.07, 6.45) is 2.65. The largest absolute Gasteiger partial charge is 0.354 e. The zero-order chi connectivity index (χ0) is 13.7. The van der Waals surface area contributed by atoms with E-state index in [4.69, 9.17) is 0 Å². The summed E-state index contributed by atoms with van der Waals surface area (Å²) in [4.78, 5) is 2.05. The van der Waals surface area contributed by atoms with Gasteiger partial charge in [-0.25, -0.2) is 0 Å². The first kappa shape index (κ1) is 14.4. The van der Waals surface area contributed by atoms with E-state index in [1.807, 2.05) is 18.9 Å². The van der Waals surface area contributed by atoms with Crippen LogP contribution in [0.15, 0.2) is 0 Å². The van der Waals surface area contributed by atoms with Crippen molar-refractivity contribution in [1.82, 2.24) is 10.2 Å². The predicted molar refractivity (Wildman–Crippen MR) is 73.7 cm³/mol. The van der Waals surface area contributed by atoms with E-state index in [1.54, 1.807) is 0 Å². The lowest BCUT2D eigenvalue weighted by Crippen LogP contribution is -2.30. The molecule has 0 aliphatic heterocycles. The number of hydrogen-bond donors (Lipinski definition) is 0. The number of nitriles is 1. The third-order valence-electron chi connectivity index (χ3n) is 3.53. The van der Waals surface area contributed by atoms with Crippen LogP contribution in [0.4, 0.5) is 5.82 Å². The fourth-order valence-corrected chi connectivity index (χ4v) is 2.01. The molecule has 0 aliphatic rings. The summed E-state index contributed by atoms with van der Waals surface area (Å²) in [5.41, 5.74) is 2.67. The van der Waals surface area contributed by atoms with Gasteiger partial charge in [-0.3, -0.25) is 0 Å². The van der Waals surface area contributed by atoms with Crippen molar-refractivity contribution in [2.24, 2.45) is 0 Å². The lowest BCUT2D eigenvalue weighted by molar-refractivity contribution is 0.648. The molecule has 4 heteroatoms. The van der Waals surface area contributed by atoms with Crippen LogP contribution in [0.2, 0.25) is 0 Å². The van der Waals surface area contributed by atoms with Gasteiger partial charge in [0.15, 0.2) is 5.82 Å². The summed E-state index contributed by atoms with van der Waals surface area (Å²) in [6.45, 7) is 8.36. The van der Waals surface area contributed by atoms with Gasteiger partial charge in [-0.2, -0.15) is 10.4 Å². The molecule has 98 valence electrons. The minimum Gasteiger partial charge on any atom is -0.354 e. The molecule has 1 aromatic heterocycles. The standard InChI is InChI=1S/C14H22N4/c1-6-10(4)18(5)14-12(9-15)11(7-2)13(8-3)16-17-14/h10H,6-8H2,1-5H3. The Morgan fingerprint density at radius 3 is 2.33 bits per heavy atom. The maximum atomic E-state index is 9.41. The monoisotopic (exact) mass is 246 g/mol. The van der Waals surface area contributed by atoms with Gasteiger partial charge in [-0.15, -0.1) is 5.10 Å². The van der Waals surface area contributed by atoms with Gasteiger partial charge in [-0.1, -0.05) is 20.8 Å². The molecular formula is C14H22N4. The molecule has 1 atom stereocenters. The first-order valence-corrected chi connectivity index (χ1v) is 6.61. The van der Waals surface area contributed by atoms with E-state index >= 15 is 0 Å². The molecule has 0 bridgehead atoms. The van der Waals surface area contributed by atoms with E-state index in [0.29, 0.717) is 17.4 Å². The average Bonchev–Trinajstić information content (AvgIpc) is 2.43. The lowest BCUT2D eigenvalue weighted by atomic mass is 10.0. The molecule has 0 aromatic carbocycles. The highest BCUT2D eigenvalue weighted by atomic mass is 15.3. The number of anilines is 1. The van der Waals surface area contributed by atoms with Crippen LogP contribution in [0.1, 0.15) is 50.9 Å². The van der Waals surface area contributed by atoms with Gasteiger partial charge in [0, 0.05) is 13.1 Å². The fourth-order valence-electron chi connectivity index (χ4n) is 2.01. The Bertz CT molecular complexity index is 448. The van der Waals surface area contributed by atoms with Gasteiger partial charge in [0.1, 0.15) is 11.6 Å². The van der Waals surface area contributed by atoms with Crippen molar-refractivity contribution >= 4 is 5.82 Å². The smallest absolute Gasteiger partial charge is 0.169 e. The normalized spacial score (nSPS) is 12.0. The summed E-state index contributed by atoms with van der Waals surface area (Å²) in [7, 11) is 1.98. The molecule has 0 saturated carbocycles. The third-order valence-corrected chi connectivity index (χ3v) is 3.53. The van der Waals surface area contributed by atoms with E-state index in [1.165, 1.54) is 0 Å². The molecular weight excluding hydrogens is 224 g/mol. The van der Waals surface area contributed by atoms with Crippen molar-refractivity contribution in [1.29, 1.82) is 5.26 Å². The highest BCUT2D eigenvalue weighted by Crippen LogP contribution is 2.24. The van der Waals surface area contributed by atoms with Crippen molar-refractivity contribution in [3.63, 3.8) is 0 Å². The van der Waals surface area contributed by atoms with E-state index in [-0.39, 0.29) is 0 Å². The van der Waals surface area contributed by atoms with Gasteiger partial charge in [-0.05, 0) is 31.7 Å². The second kappa shape index (κ2) is 6.34. The molecule has 1 unspecified atom stereocenters.